The van der Waals surface area contributed by atoms with Crippen molar-refractivity contribution in [1.29, 1.82) is 0 Å². The molecule has 4 heteroatoms. The van der Waals surface area contributed by atoms with E-state index in [1.807, 2.05) is 30.3 Å². The van der Waals surface area contributed by atoms with Crippen molar-refractivity contribution in [2.75, 3.05) is 13.7 Å². The molecule has 0 unspecified atom stereocenters. The van der Waals surface area contributed by atoms with E-state index in [0.717, 1.165) is 29.2 Å². The van der Waals surface area contributed by atoms with Gasteiger partial charge >= 0.3 is 0 Å². The molecule has 0 radical (unpaired) electrons. The van der Waals surface area contributed by atoms with Gasteiger partial charge in [-0.25, -0.2) is 4.98 Å². The molecule has 3 rings (SSSR count). The average Bonchev–Trinajstić information content (AvgIpc) is 2.93. The molecule has 2 aromatic carbocycles. The third-order valence-corrected chi connectivity index (χ3v) is 4.31. The second kappa shape index (κ2) is 7.28. The summed E-state index contributed by atoms with van der Waals surface area (Å²) in [6.45, 7) is 8.46. The van der Waals surface area contributed by atoms with E-state index in [2.05, 4.69) is 48.5 Å². The number of para-hydroxylation sites is 2. The molecule has 0 saturated carbocycles. The molecule has 0 fully saturated rings. The van der Waals surface area contributed by atoms with Gasteiger partial charge in [0.25, 0.3) is 0 Å². The highest BCUT2D eigenvalue weighted by Gasteiger charge is 2.13. The maximum atomic E-state index is 5.94. The molecule has 132 valence electrons. The number of hydrogen-bond acceptors (Lipinski definition) is 3. The molecule has 0 aliphatic heterocycles. The largest absolute Gasteiger partial charge is 0.492 e. The van der Waals surface area contributed by atoms with Gasteiger partial charge < -0.3 is 14.0 Å². The summed E-state index contributed by atoms with van der Waals surface area (Å²) in [5.74, 6) is 1.82. The summed E-state index contributed by atoms with van der Waals surface area (Å²) in [6.07, 6.45) is 0. The second-order valence-electron chi connectivity index (χ2n) is 7.22. The number of nitrogens with zero attached hydrogens (tertiary/aromatic N) is 2. The second-order valence-corrected chi connectivity index (χ2v) is 7.22. The van der Waals surface area contributed by atoms with E-state index in [1.54, 1.807) is 7.11 Å². The van der Waals surface area contributed by atoms with Crippen LogP contribution in [0.3, 0.4) is 0 Å². The lowest BCUT2D eigenvalue weighted by Gasteiger charge is -2.19. The van der Waals surface area contributed by atoms with Crippen LogP contribution in [0, 0.1) is 0 Å². The predicted molar refractivity (Wildman–Crippen MR) is 101 cm³/mol. The Hall–Kier alpha value is -2.33. The zero-order chi connectivity index (χ0) is 17.9. The number of benzene rings is 2. The third-order valence-electron chi connectivity index (χ3n) is 4.31. The summed E-state index contributed by atoms with van der Waals surface area (Å²) in [6, 6.07) is 16.5. The lowest BCUT2D eigenvalue weighted by molar-refractivity contribution is 0.173. The summed E-state index contributed by atoms with van der Waals surface area (Å²) >= 11 is 0. The summed E-state index contributed by atoms with van der Waals surface area (Å²) in [7, 11) is 1.69. The fourth-order valence-corrected chi connectivity index (χ4v) is 2.92. The topological polar surface area (TPSA) is 36.3 Å². The van der Waals surface area contributed by atoms with Gasteiger partial charge in [-0.1, -0.05) is 45.0 Å². The minimum Gasteiger partial charge on any atom is -0.492 e. The molecule has 1 heterocycles. The molecule has 0 atom stereocenters. The van der Waals surface area contributed by atoms with Gasteiger partial charge in [-0.15, -0.1) is 0 Å². The van der Waals surface area contributed by atoms with Crippen molar-refractivity contribution in [3.8, 4) is 5.75 Å². The molecule has 0 amide bonds. The molecule has 4 nitrogen and oxygen atoms in total. The van der Waals surface area contributed by atoms with E-state index >= 15 is 0 Å². The zero-order valence-electron chi connectivity index (χ0n) is 15.5. The van der Waals surface area contributed by atoms with Crippen molar-refractivity contribution in [3.05, 3.63) is 59.9 Å². The van der Waals surface area contributed by atoms with Gasteiger partial charge in [-0.2, -0.15) is 0 Å². The van der Waals surface area contributed by atoms with Gasteiger partial charge in [0.15, 0.2) is 0 Å². The Labute approximate surface area is 149 Å². The first-order valence-electron chi connectivity index (χ1n) is 8.65. The van der Waals surface area contributed by atoms with Gasteiger partial charge in [0.2, 0.25) is 0 Å². The smallest absolute Gasteiger partial charge is 0.136 e. The van der Waals surface area contributed by atoms with Gasteiger partial charge in [0, 0.05) is 7.11 Å². The van der Waals surface area contributed by atoms with E-state index in [0.29, 0.717) is 13.2 Å². The Morgan fingerprint density at radius 1 is 1.00 bits per heavy atom. The molecule has 1 aromatic heterocycles. The number of imidazole rings is 1. The molecule has 25 heavy (non-hydrogen) atoms. The summed E-state index contributed by atoms with van der Waals surface area (Å²) < 4.78 is 13.4. The molecule has 0 aliphatic carbocycles. The Morgan fingerprint density at radius 2 is 1.72 bits per heavy atom. The summed E-state index contributed by atoms with van der Waals surface area (Å²) in [5, 5.41) is 0. The maximum absolute atomic E-state index is 5.94. The SMILES string of the molecule is COCc1nc2ccccc2n1CCOc1ccc(C(C)(C)C)cc1. The van der Waals surface area contributed by atoms with Crippen LogP contribution in [0.2, 0.25) is 0 Å². The molecule has 0 N–H and O–H groups in total. The lowest BCUT2D eigenvalue weighted by atomic mass is 9.87. The van der Waals surface area contributed by atoms with E-state index in [1.165, 1.54) is 5.56 Å². The average molecular weight is 338 g/mol. The molecule has 0 aliphatic rings. The van der Waals surface area contributed by atoms with Crippen LogP contribution in [0.4, 0.5) is 0 Å². The maximum Gasteiger partial charge on any atom is 0.136 e. The number of rotatable bonds is 6. The minimum absolute atomic E-state index is 0.156. The Balaban J connectivity index is 1.69. The minimum atomic E-state index is 0.156. The first-order chi connectivity index (χ1) is 12.0. The van der Waals surface area contributed by atoms with Crippen molar-refractivity contribution in [3.63, 3.8) is 0 Å². The normalized spacial score (nSPS) is 11.8. The van der Waals surface area contributed by atoms with Crippen molar-refractivity contribution < 1.29 is 9.47 Å². The number of methoxy groups -OCH3 is 1. The van der Waals surface area contributed by atoms with Gasteiger partial charge in [-0.3, -0.25) is 0 Å². The highest BCUT2D eigenvalue weighted by Crippen LogP contribution is 2.24. The number of fused-ring (bicyclic) bond motifs is 1. The molecule has 3 aromatic rings. The lowest BCUT2D eigenvalue weighted by Crippen LogP contribution is -2.12. The highest BCUT2D eigenvalue weighted by molar-refractivity contribution is 5.75. The zero-order valence-corrected chi connectivity index (χ0v) is 15.5. The van der Waals surface area contributed by atoms with Crippen LogP contribution in [0.25, 0.3) is 11.0 Å². The number of ether oxygens (including phenoxy) is 2. The van der Waals surface area contributed by atoms with E-state index in [9.17, 15) is 0 Å². The number of aromatic nitrogens is 2. The van der Waals surface area contributed by atoms with Gasteiger partial charge in [-0.05, 0) is 35.2 Å². The summed E-state index contributed by atoms with van der Waals surface area (Å²) in [5.41, 5.74) is 3.57. The molecular weight excluding hydrogens is 312 g/mol. The number of hydrogen-bond donors (Lipinski definition) is 0. The standard InChI is InChI=1S/C21H26N2O2/c1-21(2,3)16-9-11-17(12-10-16)25-14-13-23-19-8-6-5-7-18(19)22-20(23)15-24-4/h5-12H,13-15H2,1-4H3. The van der Waals surface area contributed by atoms with Gasteiger partial charge in [0.1, 0.15) is 24.8 Å². The first-order valence-corrected chi connectivity index (χ1v) is 8.65. The van der Waals surface area contributed by atoms with Crippen molar-refractivity contribution in [2.45, 2.75) is 39.3 Å². The van der Waals surface area contributed by atoms with Gasteiger partial charge in [0.05, 0.1) is 17.6 Å². The molecule has 0 spiro atoms. The van der Waals surface area contributed by atoms with Crippen LogP contribution in [-0.4, -0.2) is 23.3 Å². The van der Waals surface area contributed by atoms with Crippen LogP contribution in [0.1, 0.15) is 32.2 Å². The quantitative estimate of drug-likeness (QED) is 0.661. The fourth-order valence-electron chi connectivity index (χ4n) is 2.92. The molecule has 0 saturated heterocycles. The van der Waals surface area contributed by atoms with Crippen LogP contribution in [0.15, 0.2) is 48.5 Å². The van der Waals surface area contributed by atoms with Crippen molar-refractivity contribution in [2.24, 2.45) is 0 Å². The Morgan fingerprint density at radius 3 is 2.40 bits per heavy atom. The molecule has 0 bridgehead atoms. The van der Waals surface area contributed by atoms with Crippen LogP contribution < -0.4 is 4.74 Å². The Bertz CT molecular complexity index is 829. The van der Waals surface area contributed by atoms with Crippen molar-refractivity contribution in [1.82, 2.24) is 9.55 Å². The first kappa shape index (κ1) is 17.5. The third kappa shape index (κ3) is 4.02. The monoisotopic (exact) mass is 338 g/mol. The highest BCUT2D eigenvalue weighted by atomic mass is 16.5. The fraction of sp³-hybridized carbons (Fsp3) is 0.381. The van der Waals surface area contributed by atoms with Crippen LogP contribution in [-0.2, 0) is 23.3 Å². The summed E-state index contributed by atoms with van der Waals surface area (Å²) in [4.78, 5) is 4.65. The van der Waals surface area contributed by atoms with E-state index in [4.69, 9.17) is 9.47 Å². The van der Waals surface area contributed by atoms with Crippen LogP contribution >= 0.6 is 0 Å². The van der Waals surface area contributed by atoms with E-state index < -0.39 is 0 Å². The predicted octanol–water partition coefficient (Wildman–Crippen LogP) is 4.56. The molecular formula is C21H26N2O2. The van der Waals surface area contributed by atoms with E-state index in [-0.39, 0.29) is 5.41 Å². The Kier molecular flexibility index (Phi) is 5.09. The van der Waals surface area contributed by atoms with Crippen molar-refractivity contribution >= 4 is 11.0 Å². The van der Waals surface area contributed by atoms with Crippen LogP contribution in [0.5, 0.6) is 5.75 Å².